The van der Waals surface area contributed by atoms with Gasteiger partial charge < -0.3 is 4.90 Å². The lowest BCUT2D eigenvalue weighted by Crippen LogP contribution is -2.25. The van der Waals surface area contributed by atoms with Crippen LogP contribution in [0.3, 0.4) is 0 Å². The van der Waals surface area contributed by atoms with Crippen LogP contribution in [-0.4, -0.2) is 13.1 Å². The largest absolute Gasteiger partial charge is 0.370 e. The summed E-state index contributed by atoms with van der Waals surface area (Å²) in [7, 11) is 0. The van der Waals surface area contributed by atoms with Crippen molar-refractivity contribution in [1.82, 2.24) is 0 Å². The van der Waals surface area contributed by atoms with Gasteiger partial charge in [-0.3, -0.25) is 0 Å². The average Bonchev–Trinajstić information content (AvgIpc) is 2.64. The summed E-state index contributed by atoms with van der Waals surface area (Å²) in [6.45, 7) is 6.37. The number of benzene rings is 1. The molecule has 1 saturated heterocycles. The number of nitrogens with zero attached hydrogens (tertiary/aromatic N) is 2. The minimum Gasteiger partial charge on any atom is -0.370 e. The topological polar surface area (TPSA) is 27.0 Å². The number of nitriles is 1. The van der Waals surface area contributed by atoms with Crippen LogP contribution in [0, 0.1) is 29.0 Å². The van der Waals surface area contributed by atoms with Crippen LogP contribution in [0.5, 0.6) is 0 Å². The summed E-state index contributed by atoms with van der Waals surface area (Å²) in [5.74, 6) is 1.02. The lowest BCUT2D eigenvalue weighted by atomic mass is 9.89. The van der Waals surface area contributed by atoms with Crippen LogP contribution in [0.15, 0.2) is 18.2 Å². The van der Waals surface area contributed by atoms with Crippen molar-refractivity contribution in [2.75, 3.05) is 18.0 Å². The Hall–Kier alpha value is -1.56. The zero-order valence-electron chi connectivity index (χ0n) is 11.7. The molecular formula is C16H21FN2. The van der Waals surface area contributed by atoms with Gasteiger partial charge in [0.2, 0.25) is 0 Å². The Morgan fingerprint density at radius 2 is 2.11 bits per heavy atom. The van der Waals surface area contributed by atoms with Crippen molar-refractivity contribution in [2.24, 2.45) is 11.8 Å². The molecule has 1 heterocycles. The molecule has 1 aliphatic heterocycles. The monoisotopic (exact) mass is 260 g/mol. The zero-order valence-corrected chi connectivity index (χ0v) is 11.7. The third-order valence-electron chi connectivity index (χ3n) is 4.16. The van der Waals surface area contributed by atoms with Gasteiger partial charge in [0.25, 0.3) is 0 Å². The number of anilines is 1. The van der Waals surface area contributed by atoms with Crippen LogP contribution in [0.4, 0.5) is 10.1 Å². The predicted molar refractivity (Wildman–Crippen MR) is 75.5 cm³/mol. The molecule has 3 heteroatoms. The van der Waals surface area contributed by atoms with Gasteiger partial charge in [-0.2, -0.15) is 5.26 Å². The third-order valence-corrected chi connectivity index (χ3v) is 4.16. The summed E-state index contributed by atoms with van der Waals surface area (Å²) in [5, 5.41) is 9.12. The Balaban J connectivity index is 2.19. The standard InChI is InChI=1S/C16H21FN2/c1-12(2)13-5-4-9-19(10-8-13)16-7-3-6-15(17)14(16)11-18/h3,6-7,12-13H,4-5,8-10H2,1-2H3. The molecule has 1 aliphatic rings. The molecule has 1 fully saturated rings. The van der Waals surface area contributed by atoms with Gasteiger partial charge in [-0.15, -0.1) is 0 Å². The van der Waals surface area contributed by atoms with Crippen molar-refractivity contribution >= 4 is 5.69 Å². The summed E-state index contributed by atoms with van der Waals surface area (Å²) in [6, 6.07) is 6.91. The van der Waals surface area contributed by atoms with E-state index in [1.807, 2.05) is 12.1 Å². The SMILES string of the molecule is CC(C)C1CCCN(c2cccc(F)c2C#N)CC1. The second kappa shape index (κ2) is 6.06. The normalized spacial score (nSPS) is 20.2. The lowest BCUT2D eigenvalue weighted by Gasteiger charge is -2.24. The van der Waals surface area contributed by atoms with Gasteiger partial charge in [0, 0.05) is 13.1 Å². The van der Waals surface area contributed by atoms with Crippen molar-refractivity contribution < 1.29 is 4.39 Å². The van der Waals surface area contributed by atoms with E-state index in [4.69, 9.17) is 5.26 Å². The van der Waals surface area contributed by atoms with Gasteiger partial charge in [0.1, 0.15) is 17.4 Å². The van der Waals surface area contributed by atoms with Crippen LogP contribution in [0.2, 0.25) is 0 Å². The highest BCUT2D eigenvalue weighted by molar-refractivity contribution is 5.59. The molecule has 102 valence electrons. The van der Waals surface area contributed by atoms with E-state index in [0.717, 1.165) is 37.5 Å². The summed E-state index contributed by atoms with van der Waals surface area (Å²) >= 11 is 0. The highest BCUT2D eigenvalue weighted by Crippen LogP contribution is 2.29. The highest BCUT2D eigenvalue weighted by atomic mass is 19.1. The zero-order chi connectivity index (χ0) is 13.8. The summed E-state index contributed by atoms with van der Waals surface area (Å²) < 4.78 is 13.7. The van der Waals surface area contributed by atoms with E-state index >= 15 is 0 Å². The van der Waals surface area contributed by atoms with E-state index in [1.165, 1.54) is 12.5 Å². The van der Waals surface area contributed by atoms with Crippen LogP contribution >= 0.6 is 0 Å². The number of halogens is 1. The van der Waals surface area contributed by atoms with E-state index in [0.29, 0.717) is 5.92 Å². The molecule has 2 rings (SSSR count). The maximum Gasteiger partial charge on any atom is 0.143 e. The first-order chi connectivity index (χ1) is 9.13. The van der Waals surface area contributed by atoms with E-state index in [-0.39, 0.29) is 5.56 Å². The molecule has 0 spiro atoms. The van der Waals surface area contributed by atoms with Crippen molar-refractivity contribution in [1.29, 1.82) is 5.26 Å². The first-order valence-electron chi connectivity index (χ1n) is 7.07. The van der Waals surface area contributed by atoms with Gasteiger partial charge >= 0.3 is 0 Å². The minimum absolute atomic E-state index is 0.186. The Morgan fingerprint density at radius 1 is 1.32 bits per heavy atom. The molecule has 19 heavy (non-hydrogen) atoms. The molecule has 0 aromatic heterocycles. The molecular weight excluding hydrogens is 239 g/mol. The van der Waals surface area contributed by atoms with Gasteiger partial charge in [-0.1, -0.05) is 19.9 Å². The Bertz CT molecular complexity index is 476. The van der Waals surface area contributed by atoms with Gasteiger partial charge in [0.05, 0.1) is 5.69 Å². The maximum absolute atomic E-state index is 13.7. The molecule has 0 bridgehead atoms. The Labute approximate surface area is 114 Å². The van der Waals surface area contributed by atoms with Crippen molar-refractivity contribution in [3.05, 3.63) is 29.6 Å². The van der Waals surface area contributed by atoms with Crippen LogP contribution < -0.4 is 4.90 Å². The minimum atomic E-state index is -0.412. The molecule has 2 nitrogen and oxygen atoms in total. The van der Waals surface area contributed by atoms with E-state index in [1.54, 1.807) is 6.07 Å². The quantitative estimate of drug-likeness (QED) is 0.804. The van der Waals surface area contributed by atoms with Crippen molar-refractivity contribution in [3.8, 4) is 6.07 Å². The molecule has 0 aliphatic carbocycles. The number of rotatable bonds is 2. The van der Waals surface area contributed by atoms with Crippen molar-refractivity contribution in [2.45, 2.75) is 33.1 Å². The smallest absolute Gasteiger partial charge is 0.143 e. The average molecular weight is 260 g/mol. The Kier molecular flexibility index (Phi) is 4.42. The third kappa shape index (κ3) is 3.07. The predicted octanol–water partition coefficient (Wildman–Crippen LogP) is 3.96. The first-order valence-corrected chi connectivity index (χ1v) is 7.07. The molecule has 0 amide bonds. The second-order valence-electron chi connectivity index (χ2n) is 5.67. The van der Waals surface area contributed by atoms with Crippen LogP contribution in [0.25, 0.3) is 0 Å². The summed E-state index contributed by atoms with van der Waals surface area (Å²) in [6.07, 6.45) is 3.47. The van der Waals surface area contributed by atoms with Gasteiger partial charge in [0.15, 0.2) is 0 Å². The summed E-state index contributed by atoms with van der Waals surface area (Å²) in [4.78, 5) is 2.17. The molecule has 1 aromatic rings. The molecule has 1 atom stereocenters. The lowest BCUT2D eigenvalue weighted by molar-refractivity contribution is 0.351. The van der Waals surface area contributed by atoms with Crippen LogP contribution in [-0.2, 0) is 0 Å². The molecule has 0 N–H and O–H groups in total. The fourth-order valence-corrected chi connectivity index (χ4v) is 2.92. The number of hydrogen-bond acceptors (Lipinski definition) is 2. The van der Waals surface area contributed by atoms with Crippen molar-refractivity contribution in [3.63, 3.8) is 0 Å². The molecule has 0 saturated carbocycles. The fourth-order valence-electron chi connectivity index (χ4n) is 2.92. The van der Waals surface area contributed by atoms with Gasteiger partial charge in [-0.05, 0) is 43.2 Å². The van der Waals surface area contributed by atoms with Gasteiger partial charge in [-0.25, -0.2) is 4.39 Å². The summed E-state index contributed by atoms with van der Waals surface area (Å²) in [5.41, 5.74) is 0.942. The van der Waals surface area contributed by atoms with E-state index < -0.39 is 5.82 Å². The molecule has 0 radical (unpaired) electrons. The first kappa shape index (κ1) is 13.9. The highest BCUT2D eigenvalue weighted by Gasteiger charge is 2.21. The van der Waals surface area contributed by atoms with E-state index in [2.05, 4.69) is 18.7 Å². The Morgan fingerprint density at radius 3 is 2.79 bits per heavy atom. The fraction of sp³-hybridized carbons (Fsp3) is 0.562. The molecule has 1 unspecified atom stereocenters. The second-order valence-corrected chi connectivity index (χ2v) is 5.67. The van der Waals surface area contributed by atoms with E-state index in [9.17, 15) is 4.39 Å². The van der Waals surface area contributed by atoms with Crippen LogP contribution in [0.1, 0.15) is 38.7 Å². The maximum atomic E-state index is 13.7. The molecule has 1 aromatic carbocycles. The number of hydrogen-bond donors (Lipinski definition) is 0.